The fourth-order valence-corrected chi connectivity index (χ4v) is 6.33. The summed E-state index contributed by atoms with van der Waals surface area (Å²) < 4.78 is 37.4. The van der Waals surface area contributed by atoms with Gasteiger partial charge in [-0.25, -0.2) is 13.4 Å². The van der Waals surface area contributed by atoms with E-state index in [2.05, 4.69) is 9.88 Å². The predicted molar refractivity (Wildman–Crippen MR) is 139 cm³/mol. The minimum absolute atomic E-state index is 0.0758. The summed E-state index contributed by atoms with van der Waals surface area (Å²) in [7, 11) is -2.34. The number of carbonyl (C=O) groups is 1. The number of anilines is 1. The van der Waals surface area contributed by atoms with Crippen molar-refractivity contribution in [1.29, 1.82) is 0 Å². The molecule has 1 aromatic heterocycles. The molecule has 4 rings (SSSR count). The zero-order chi connectivity index (χ0) is 25.0. The number of aryl methyl sites for hydroxylation is 1. The number of nitrogens with zero attached hydrogens (tertiary/aromatic N) is 3. The Labute approximate surface area is 214 Å². The molecular formula is C24H28ClN3O5S2. The SMILES string of the molecule is COc1ccc(S(=O)(=O)CC(=O)N(CCCN2CCOCC2)c2nc3c(C)c(Cl)ccc3s2)cc1. The number of fused-ring (bicyclic) bond motifs is 1. The molecule has 35 heavy (non-hydrogen) atoms. The highest BCUT2D eigenvalue weighted by atomic mass is 35.5. The van der Waals surface area contributed by atoms with Crippen LogP contribution < -0.4 is 9.64 Å². The molecule has 1 aliphatic heterocycles. The van der Waals surface area contributed by atoms with Gasteiger partial charge in [-0.1, -0.05) is 22.9 Å². The van der Waals surface area contributed by atoms with Crippen molar-refractivity contribution in [3.63, 3.8) is 0 Å². The molecule has 0 saturated carbocycles. The van der Waals surface area contributed by atoms with E-state index in [0.717, 1.165) is 35.4 Å². The highest BCUT2D eigenvalue weighted by Crippen LogP contribution is 2.34. The summed E-state index contributed by atoms with van der Waals surface area (Å²) in [5.41, 5.74) is 1.56. The molecule has 11 heteroatoms. The van der Waals surface area contributed by atoms with Gasteiger partial charge in [-0.3, -0.25) is 14.6 Å². The maximum atomic E-state index is 13.4. The van der Waals surface area contributed by atoms with Gasteiger partial charge >= 0.3 is 0 Å². The molecule has 0 spiro atoms. The van der Waals surface area contributed by atoms with E-state index in [0.29, 0.717) is 42.1 Å². The first-order valence-corrected chi connectivity index (χ1v) is 14.2. The number of benzene rings is 2. The Kier molecular flexibility index (Phi) is 8.28. The molecule has 188 valence electrons. The molecule has 0 unspecified atom stereocenters. The molecule has 1 saturated heterocycles. The van der Waals surface area contributed by atoms with E-state index in [9.17, 15) is 13.2 Å². The fourth-order valence-electron chi connectivity index (χ4n) is 3.92. The number of thiazole rings is 1. The van der Waals surface area contributed by atoms with E-state index in [4.69, 9.17) is 21.1 Å². The number of aromatic nitrogens is 1. The molecule has 0 radical (unpaired) electrons. The normalized spacial score (nSPS) is 14.8. The van der Waals surface area contributed by atoms with E-state index >= 15 is 0 Å². The summed E-state index contributed by atoms with van der Waals surface area (Å²) in [6, 6.07) is 9.71. The molecule has 0 atom stereocenters. The van der Waals surface area contributed by atoms with Crippen molar-refractivity contribution in [3.8, 4) is 5.75 Å². The third-order valence-electron chi connectivity index (χ3n) is 5.96. The molecule has 1 aliphatic rings. The summed E-state index contributed by atoms with van der Waals surface area (Å²) in [6.07, 6.45) is 0.685. The fraction of sp³-hybridized carbons (Fsp3) is 0.417. The summed E-state index contributed by atoms with van der Waals surface area (Å²) >= 11 is 7.63. The first-order chi connectivity index (χ1) is 16.8. The summed E-state index contributed by atoms with van der Waals surface area (Å²) in [6.45, 7) is 6.11. The monoisotopic (exact) mass is 537 g/mol. The molecule has 1 fully saturated rings. The van der Waals surface area contributed by atoms with E-state index in [1.165, 1.54) is 35.5 Å². The Morgan fingerprint density at radius 1 is 1.20 bits per heavy atom. The molecule has 2 heterocycles. The Hall–Kier alpha value is -2.24. The lowest BCUT2D eigenvalue weighted by molar-refractivity contribution is -0.116. The topological polar surface area (TPSA) is 89.0 Å². The lowest BCUT2D eigenvalue weighted by Crippen LogP contribution is -2.40. The average molecular weight is 538 g/mol. The van der Waals surface area contributed by atoms with Gasteiger partial charge in [-0.15, -0.1) is 0 Å². The van der Waals surface area contributed by atoms with Crippen LogP contribution in [-0.4, -0.2) is 76.5 Å². The van der Waals surface area contributed by atoms with Crippen molar-refractivity contribution >= 4 is 54.0 Å². The van der Waals surface area contributed by atoms with Crippen LogP contribution >= 0.6 is 22.9 Å². The number of hydrogen-bond donors (Lipinski definition) is 0. The number of rotatable bonds is 9. The van der Waals surface area contributed by atoms with Gasteiger partial charge in [0.15, 0.2) is 15.0 Å². The van der Waals surface area contributed by atoms with Gasteiger partial charge in [0.2, 0.25) is 5.91 Å². The standard InChI is InChI=1S/C24H28ClN3O5S2/c1-17-20(25)8-9-21-23(17)26-24(34-21)28(11-3-10-27-12-14-33-15-13-27)22(29)16-35(30,31)19-6-4-18(32-2)5-7-19/h4-9H,3,10-16H2,1-2H3. The minimum Gasteiger partial charge on any atom is -0.497 e. The van der Waals surface area contributed by atoms with Crippen LogP contribution in [0.15, 0.2) is 41.3 Å². The quantitative estimate of drug-likeness (QED) is 0.410. The third kappa shape index (κ3) is 6.13. The predicted octanol–water partition coefficient (Wildman–Crippen LogP) is 3.80. The Balaban J connectivity index is 1.57. The van der Waals surface area contributed by atoms with Gasteiger partial charge in [0.1, 0.15) is 11.5 Å². The van der Waals surface area contributed by atoms with Gasteiger partial charge < -0.3 is 9.47 Å². The van der Waals surface area contributed by atoms with Crippen LogP contribution in [0, 0.1) is 6.92 Å². The molecule has 0 N–H and O–H groups in total. The van der Waals surface area contributed by atoms with Crippen LogP contribution in [0.3, 0.4) is 0 Å². The third-order valence-corrected chi connectivity index (χ3v) is 9.03. The minimum atomic E-state index is -3.85. The van der Waals surface area contributed by atoms with E-state index in [1.54, 1.807) is 18.2 Å². The zero-order valence-corrected chi connectivity index (χ0v) is 22.1. The van der Waals surface area contributed by atoms with Gasteiger partial charge in [-0.2, -0.15) is 0 Å². The smallest absolute Gasteiger partial charge is 0.244 e. The Morgan fingerprint density at radius 3 is 2.60 bits per heavy atom. The molecular weight excluding hydrogens is 510 g/mol. The number of amides is 1. The molecule has 2 aromatic carbocycles. The highest BCUT2D eigenvalue weighted by Gasteiger charge is 2.27. The molecule has 0 bridgehead atoms. The number of sulfone groups is 1. The van der Waals surface area contributed by atoms with Crippen molar-refractivity contribution in [2.75, 3.05) is 57.2 Å². The summed E-state index contributed by atoms with van der Waals surface area (Å²) in [4.78, 5) is 21.9. The second-order valence-electron chi connectivity index (χ2n) is 8.30. The van der Waals surface area contributed by atoms with Gasteiger partial charge in [0, 0.05) is 31.2 Å². The first kappa shape index (κ1) is 25.8. The van der Waals surface area contributed by atoms with Crippen molar-refractivity contribution < 1.29 is 22.7 Å². The Bertz CT molecular complexity index is 1290. The maximum absolute atomic E-state index is 13.4. The number of methoxy groups -OCH3 is 1. The number of halogens is 1. The zero-order valence-electron chi connectivity index (χ0n) is 19.7. The van der Waals surface area contributed by atoms with Gasteiger partial charge in [0.05, 0.1) is 35.4 Å². The van der Waals surface area contributed by atoms with Crippen molar-refractivity contribution in [1.82, 2.24) is 9.88 Å². The van der Waals surface area contributed by atoms with Crippen molar-refractivity contribution in [2.24, 2.45) is 0 Å². The number of hydrogen-bond acceptors (Lipinski definition) is 8. The van der Waals surface area contributed by atoms with Crippen LogP contribution in [0.4, 0.5) is 5.13 Å². The average Bonchev–Trinajstić information content (AvgIpc) is 3.29. The molecule has 3 aromatic rings. The van der Waals surface area contributed by atoms with Crippen molar-refractivity contribution in [2.45, 2.75) is 18.2 Å². The second-order valence-corrected chi connectivity index (χ2v) is 11.7. The van der Waals surface area contributed by atoms with E-state index in [1.807, 2.05) is 13.0 Å². The van der Waals surface area contributed by atoms with Crippen LogP contribution in [0.1, 0.15) is 12.0 Å². The number of carbonyl (C=O) groups excluding carboxylic acids is 1. The van der Waals surface area contributed by atoms with Crippen LogP contribution in [-0.2, 0) is 19.4 Å². The second kappa shape index (κ2) is 11.2. The summed E-state index contributed by atoms with van der Waals surface area (Å²) in [5, 5.41) is 1.07. The summed E-state index contributed by atoms with van der Waals surface area (Å²) in [5.74, 6) is -0.610. The molecule has 1 amide bonds. The number of morpholine rings is 1. The molecule has 0 aliphatic carbocycles. The Morgan fingerprint density at radius 2 is 1.91 bits per heavy atom. The van der Waals surface area contributed by atoms with Crippen LogP contribution in [0.25, 0.3) is 10.2 Å². The lowest BCUT2D eigenvalue weighted by Gasteiger charge is -2.27. The van der Waals surface area contributed by atoms with E-state index in [-0.39, 0.29) is 4.90 Å². The lowest BCUT2D eigenvalue weighted by atomic mass is 10.2. The largest absolute Gasteiger partial charge is 0.497 e. The van der Waals surface area contributed by atoms with Gasteiger partial charge in [0.25, 0.3) is 0 Å². The maximum Gasteiger partial charge on any atom is 0.244 e. The van der Waals surface area contributed by atoms with E-state index < -0.39 is 21.5 Å². The van der Waals surface area contributed by atoms with Crippen molar-refractivity contribution in [3.05, 3.63) is 47.0 Å². The van der Waals surface area contributed by atoms with Crippen LogP contribution in [0.2, 0.25) is 5.02 Å². The van der Waals surface area contributed by atoms with Gasteiger partial charge in [-0.05, 0) is 55.3 Å². The number of ether oxygens (including phenoxy) is 2. The van der Waals surface area contributed by atoms with Crippen LogP contribution in [0.5, 0.6) is 5.75 Å². The first-order valence-electron chi connectivity index (χ1n) is 11.3. The highest BCUT2D eigenvalue weighted by molar-refractivity contribution is 7.92. The molecule has 8 nitrogen and oxygen atoms in total.